The Morgan fingerprint density at radius 3 is 2.58 bits per heavy atom. The minimum absolute atomic E-state index is 0.746. The normalized spacial score (nSPS) is 13.1. The Labute approximate surface area is 157 Å². The molecule has 5 rings (SSSR count). The molecule has 26 heavy (non-hydrogen) atoms. The van der Waals surface area contributed by atoms with Crippen LogP contribution in [0, 0.1) is 6.92 Å². The van der Waals surface area contributed by atoms with E-state index in [1.165, 1.54) is 33.2 Å². The molecule has 0 N–H and O–H groups in total. The molecule has 3 aromatic carbocycles. The van der Waals surface area contributed by atoms with Crippen LogP contribution in [0.3, 0.4) is 0 Å². The molecule has 0 fully saturated rings. The minimum Gasteiger partial charge on any atom is -0.456 e. The maximum Gasteiger partial charge on any atom is 0.135 e. The lowest BCUT2D eigenvalue weighted by molar-refractivity contribution is 0.600. The van der Waals surface area contributed by atoms with Gasteiger partial charge in [0.05, 0.1) is 0 Å². The minimum atomic E-state index is 0.746. The molecular weight excluding hydrogens is 340 g/mol. The summed E-state index contributed by atoms with van der Waals surface area (Å²) in [5.41, 5.74) is 8.35. The number of benzene rings is 3. The lowest BCUT2D eigenvalue weighted by atomic mass is 9.93. The van der Waals surface area contributed by atoms with E-state index in [1.54, 1.807) is 0 Å². The Bertz CT molecular complexity index is 1160. The van der Waals surface area contributed by atoms with Gasteiger partial charge in [-0.15, -0.1) is 0 Å². The van der Waals surface area contributed by atoms with Crippen LogP contribution in [0.15, 0.2) is 71.1 Å². The lowest BCUT2D eigenvalue weighted by Gasteiger charge is -2.11. The van der Waals surface area contributed by atoms with Crippen LogP contribution in [0.25, 0.3) is 22.6 Å². The van der Waals surface area contributed by atoms with Gasteiger partial charge >= 0.3 is 0 Å². The van der Waals surface area contributed by atoms with Crippen LogP contribution in [-0.4, -0.2) is 0 Å². The highest BCUT2D eigenvalue weighted by Gasteiger charge is 2.21. The van der Waals surface area contributed by atoms with Gasteiger partial charge in [0.1, 0.15) is 11.3 Å². The number of rotatable bonds is 1. The molecule has 0 spiro atoms. The maximum atomic E-state index is 6.23. The summed E-state index contributed by atoms with van der Waals surface area (Å²) in [5, 5.41) is 1.96. The number of halogens is 1. The van der Waals surface area contributed by atoms with Gasteiger partial charge in [-0.25, -0.2) is 0 Å². The first kappa shape index (κ1) is 15.5. The quantitative estimate of drug-likeness (QED) is 0.319. The first-order chi connectivity index (χ1) is 12.7. The van der Waals surface area contributed by atoms with Crippen molar-refractivity contribution in [2.75, 3.05) is 0 Å². The van der Waals surface area contributed by atoms with E-state index in [0.29, 0.717) is 0 Å². The SMILES string of the molecule is Cc1ccc2oc3c(c2c1)Cc1ccccc1C(c1ccc(Cl)cc1)=C3. The molecule has 1 heterocycles. The first-order valence-electron chi connectivity index (χ1n) is 8.77. The average Bonchev–Trinajstić information content (AvgIpc) is 2.89. The van der Waals surface area contributed by atoms with Crippen molar-refractivity contribution in [1.29, 1.82) is 0 Å². The van der Waals surface area contributed by atoms with E-state index < -0.39 is 0 Å². The van der Waals surface area contributed by atoms with E-state index in [0.717, 1.165) is 28.4 Å². The maximum absolute atomic E-state index is 6.23. The summed E-state index contributed by atoms with van der Waals surface area (Å²) in [6.07, 6.45) is 3.05. The second kappa shape index (κ2) is 5.89. The zero-order chi connectivity index (χ0) is 17.7. The zero-order valence-electron chi connectivity index (χ0n) is 14.4. The summed E-state index contributed by atoms with van der Waals surface area (Å²) in [7, 11) is 0. The molecule has 1 aliphatic carbocycles. The molecule has 0 atom stereocenters. The summed E-state index contributed by atoms with van der Waals surface area (Å²) in [4.78, 5) is 0. The Morgan fingerprint density at radius 2 is 1.73 bits per heavy atom. The Balaban J connectivity index is 1.81. The zero-order valence-corrected chi connectivity index (χ0v) is 15.2. The lowest BCUT2D eigenvalue weighted by Crippen LogP contribution is -1.94. The Morgan fingerprint density at radius 1 is 0.923 bits per heavy atom. The van der Waals surface area contributed by atoms with Crippen molar-refractivity contribution in [1.82, 2.24) is 0 Å². The second-order valence-corrected chi connectivity index (χ2v) is 7.28. The third-order valence-corrected chi connectivity index (χ3v) is 5.33. The highest BCUT2D eigenvalue weighted by Crippen LogP contribution is 2.38. The number of aryl methyl sites for hydroxylation is 1. The van der Waals surface area contributed by atoms with Crippen LogP contribution >= 0.6 is 11.6 Å². The highest BCUT2D eigenvalue weighted by atomic mass is 35.5. The van der Waals surface area contributed by atoms with Gasteiger partial charge in [0, 0.05) is 22.4 Å². The third-order valence-electron chi connectivity index (χ3n) is 5.08. The second-order valence-electron chi connectivity index (χ2n) is 6.84. The number of hydrogen-bond donors (Lipinski definition) is 0. The summed E-state index contributed by atoms with van der Waals surface area (Å²) in [6.45, 7) is 2.12. The van der Waals surface area contributed by atoms with Crippen molar-refractivity contribution in [3.8, 4) is 0 Å². The van der Waals surface area contributed by atoms with Crippen molar-refractivity contribution in [2.24, 2.45) is 0 Å². The largest absolute Gasteiger partial charge is 0.456 e. The highest BCUT2D eigenvalue weighted by molar-refractivity contribution is 6.30. The molecule has 2 heteroatoms. The molecule has 0 amide bonds. The monoisotopic (exact) mass is 356 g/mol. The predicted octanol–water partition coefficient (Wildman–Crippen LogP) is 6.89. The van der Waals surface area contributed by atoms with Crippen LogP contribution in [0.5, 0.6) is 0 Å². The van der Waals surface area contributed by atoms with Crippen LogP contribution in [-0.2, 0) is 6.42 Å². The summed E-state index contributed by atoms with van der Waals surface area (Å²) >= 11 is 6.09. The van der Waals surface area contributed by atoms with Crippen molar-refractivity contribution in [3.63, 3.8) is 0 Å². The molecule has 1 aromatic heterocycles. The van der Waals surface area contributed by atoms with Gasteiger partial charge in [-0.05, 0) is 59.5 Å². The van der Waals surface area contributed by atoms with Crippen LogP contribution in [0.1, 0.15) is 33.6 Å². The van der Waals surface area contributed by atoms with Crippen LogP contribution < -0.4 is 0 Å². The van der Waals surface area contributed by atoms with Crippen molar-refractivity contribution in [3.05, 3.63) is 105 Å². The molecule has 1 nitrogen and oxygen atoms in total. The van der Waals surface area contributed by atoms with Gasteiger partial charge in [-0.1, -0.05) is 59.6 Å². The fourth-order valence-electron chi connectivity index (χ4n) is 3.79. The molecule has 0 bridgehead atoms. The summed E-state index contributed by atoms with van der Waals surface area (Å²) < 4.78 is 6.23. The van der Waals surface area contributed by atoms with Gasteiger partial charge in [0.2, 0.25) is 0 Å². The molecule has 0 aliphatic heterocycles. The van der Waals surface area contributed by atoms with Crippen molar-refractivity contribution < 1.29 is 4.42 Å². The van der Waals surface area contributed by atoms with Crippen molar-refractivity contribution in [2.45, 2.75) is 13.3 Å². The molecule has 0 unspecified atom stereocenters. The molecule has 0 saturated heterocycles. The summed E-state index contributed by atoms with van der Waals surface area (Å²) in [5.74, 6) is 0.951. The average molecular weight is 357 g/mol. The van der Waals surface area contributed by atoms with Crippen molar-refractivity contribution >= 4 is 34.2 Å². The standard InChI is InChI=1S/C24H17ClO/c1-15-6-11-23-21(12-15)22-13-17-4-2-3-5-19(17)20(14-24(22)26-23)16-7-9-18(25)10-8-16/h2-12,14H,13H2,1H3. The summed E-state index contributed by atoms with van der Waals surface area (Å²) in [6, 6.07) is 23.0. The van der Waals surface area contributed by atoms with E-state index in [1.807, 2.05) is 12.1 Å². The smallest absolute Gasteiger partial charge is 0.135 e. The third kappa shape index (κ3) is 2.48. The number of hydrogen-bond acceptors (Lipinski definition) is 1. The molecule has 4 aromatic rings. The molecule has 126 valence electrons. The predicted molar refractivity (Wildman–Crippen MR) is 109 cm³/mol. The van der Waals surface area contributed by atoms with E-state index in [4.69, 9.17) is 16.0 Å². The van der Waals surface area contributed by atoms with Crippen LogP contribution in [0.4, 0.5) is 0 Å². The first-order valence-corrected chi connectivity index (χ1v) is 9.15. The fourth-order valence-corrected chi connectivity index (χ4v) is 3.91. The van der Waals surface area contributed by atoms with Gasteiger partial charge in [-0.2, -0.15) is 0 Å². The number of furan rings is 1. The Hall–Kier alpha value is -2.77. The molecular formula is C24H17ClO. The fraction of sp³-hybridized carbons (Fsp3) is 0.0833. The van der Waals surface area contributed by atoms with Gasteiger partial charge in [0.15, 0.2) is 0 Å². The van der Waals surface area contributed by atoms with E-state index >= 15 is 0 Å². The van der Waals surface area contributed by atoms with E-state index in [2.05, 4.69) is 67.6 Å². The van der Waals surface area contributed by atoms with Crippen LogP contribution in [0.2, 0.25) is 5.02 Å². The van der Waals surface area contributed by atoms with Gasteiger partial charge < -0.3 is 4.42 Å². The molecule has 0 radical (unpaired) electrons. The number of fused-ring (bicyclic) bond motifs is 4. The molecule has 1 aliphatic rings. The topological polar surface area (TPSA) is 13.1 Å². The Kier molecular flexibility index (Phi) is 3.51. The molecule has 0 saturated carbocycles. The van der Waals surface area contributed by atoms with E-state index in [9.17, 15) is 0 Å². The van der Waals surface area contributed by atoms with Gasteiger partial charge in [0.25, 0.3) is 0 Å². The van der Waals surface area contributed by atoms with Gasteiger partial charge in [-0.3, -0.25) is 0 Å². The van der Waals surface area contributed by atoms with E-state index in [-0.39, 0.29) is 0 Å².